The molecule has 1 aromatic carbocycles. The number of halogens is 1. The van der Waals surface area contributed by atoms with E-state index in [2.05, 4.69) is 22.9 Å². The lowest BCUT2D eigenvalue weighted by Gasteiger charge is -2.40. The first-order valence-corrected chi connectivity index (χ1v) is 8.04. The van der Waals surface area contributed by atoms with Crippen molar-refractivity contribution in [2.24, 2.45) is 5.92 Å². The zero-order chi connectivity index (χ0) is 13.5. The van der Waals surface area contributed by atoms with Gasteiger partial charge < -0.3 is 9.84 Å². The molecular weight excluding hydrogens is 304 g/mol. The van der Waals surface area contributed by atoms with Gasteiger partial charge in [-0.3, -0.25) is 0 Å². The summed E-state index contributed by atoms with van der Waals surface area (Å²) in [5.41, 5.74) is 0.794. The van der Waals surface area contributed by atoms with E-state index in [1.165, 1.54) is 19.3 Å². The van der Waals surface area contributed by atoms with Gasteiger partial charge in [0.05, 0.1) is 6.10 Å². The van der Waals surface area contributed by atoms with E-state index in [4.69, 9.17) is 4.74 Å². The fraction of sp³-hybridized carbons (Fsp3) is 0.625. The Morgan fingerprint density at radius 3 is 3.00 bits per heavy atom. The molecule has 0 radical (unpaired) electrons. The first-order valence-electron chi connectivity index (χ1n) is 7.24. The summed E-state index contributed by atoms with van der Waals surface area (Å²) >= 11 is 3.46. The monoisotopic (exact) mass is 324 g/mol. The average Bonchev–Trinajstić information content (AvgIpc) is 2.54. The van der Waals surface area contributed by atoms with E-state index >= 15 is 0 Å². The predicted molar refractivity (Wildman–Crippen MR) is 79.3 cm³/mol. The summed E-state index contributed by atoms with van der Waals surface area (Å²) in [6.45, 7) is 2.32. The van der Waals surface area contributed by atoms with Crippen molar-refractivity contribution in [3.8, 4) is 5.75 Å². The Morgan fingerprint density at radius 2 is 2.16 bits per heavy atom. The molecular formula is C16H21BrO2. The molecule has 1 aliphatic heterocycles. The molecule has 3 atom stereocenters. The smallest absolute Gasteiger partial charge is 0.126 e. The highest BCUT2D eigenvalue weighted by molar-refractivity contribution is 9.10. The van der Waals surface area contributed by atoms with Gasteiger partial charge in [0.1, 0.15) is 11.4 Å². The van der Waals surface area contributed by atoms with Crippen molar-refractivity contribution < 1.29 is 9.84 Å². The van der Waals surface area contributed by atoms with Crippen LogP contribution < -0.4 is 4.74 Å². The van der Waals surface area contributed by atoms with Crippen LogP contribution in [-0.2, 0) is 0 Å². The second-order valence-electron chi connectivity index (χ2n) is 6.22. The van der Waals surface area contributed by atoms with Crippen LogP contribution in [0.15, 0.2) is 22.7 Å². The second-order valence-corrected chi connectivity index (χ2v) is 7.14. The van der Waals surface area contributed by atoms with Gasteiger partial charge in [0, 0.05) is 16.5 Å². The highest BCUT2D eigenvalue weighted by Crippen LogP contribution is 2.46. The topological polar surface area (TPSA) is 29.5 Å². The molecule has 1 heterocycles. The molecule has 1 aromatic rings. The Morgan fingerprint density at radius 1 is 1.32 bits per heavy atom. The average molecular weight is 325 g/mol. The molecule has 1 aliphatic carbocycles. The highest BCUT2D eigenvalue weighted by Gasteiger charge is 2.41. The van der Waals surface area contributed by atoms with Gasteiger partial charge in [0.2, 0.25) is 0 Å². The van der Waals surface area contributed by atoms with Crippen molar-refractivity contribution in [2.45, 2.75) is 57.2 Å². The van der Waals surface area contributed by atoms with Gasteiger partial charge in [-0.2, -0.15) is 0 Å². The van der Waals surface area contributed by atoms with Crippen molar-refractivity contribution in [1.82, 2.24) is 0 Å². The number of ether oxygens (including phenoxy) is 1. The minimum atomic E-state index is -0.394. The van der Waals surface area contributed by atoms with Gasteiger partial charge in [-0.25, -0.2) is 0 Å². The number of fused-ring (bicyclic) bond motifs is 1. The lowest BCUT2D eigenvalue weighted by atomic mass is 9.83. The molecule has 3 rings (SSSR count). The molecule has 104 valence electrons. The third kappa shape index (κ3) is 2.68. The van der Waals surface area contributed by atoms with Crippen LogP contribution in [0.5, 0.6) is 5.75 Å². The fourth-order valence-electron chi connectivity index (χ4n) is 3.47. The zero-order valence-corrected chi connectivity index (χ0v) is 12.9. The van der Waals surface area contributed by atoms with Crippen molar-refractivity contribution in [1.29, 1.82) is 0 Å². The molecule has 2 nitrogen and oxygen atoms in total. The number of rotatable bonds is 0. The van der Waals surface area contributed by atoms with Gasteiger partial charge in [0.25, 0.3) is 0 Å². The van der Waals surface area contributed by atoms with Crippen LogP contribution in [0.25, 0.3) is 0 Å². The molecule has 0 amide bonds. The maximum Gasteiger partial charge on any atom is 0.126 e. The Kier molecular flexibility index (Phi) is 3.61. The van der Waals surface area contributed by atoms with E-state index in [1.54, 1.807) is 0 Å². The molecule has 0 saturated heterocycles. The van der Waals surface area contributed by atoms with Crippen LogP contribution in [0.4, 0.5) is 0 Å². The van der Waals surface area contributed by atoms with Crippen LogP contribution >= 0.6 is 15.9 Å². The van der Waals surface area contributed by atoms with Gasteiger partial charge in [0.15, 0.2) is 0 Å². The molecule has 0 bridgehead atoms. The predicted octanol–water partition coefficient (Wildman–Crippen LogP) is 4.60. The van der Waals surface area contributed by atoms with E-state index in [0.29, 0.717) is 0 Å². The summed E-state index contributed by atoms with van der Waals surface area (Å²) < 4.78 is 7.33. The van der Waals surface area contributed by atoms with Crippen LogP contribution in [0.2, 0.25) is 0 Å². The third-order valence-corrected chi connectivity index (χ3v) is 5.14. The maximum atomic E-state index is 10.5. The van der Waals surface area contributed by atoms with E-state index in [-0.39, 0.29) is 5.60 Å². The van der Waals surface area contributed by atoms with E-state index in [0.717, 1.165) is 41.0 Å². The van der Waals surface area contributed by atoms with Crippen LogP contribution in [0, 0.1) is 5.92 Å². The molecule has 3 heteroatoms. The van der Waals surface area contributed by atoms with E-state index in [1.807, 2.05) is 18.2 Å². The van der Waals surface area contributed by atoms with Crippen molar-refractivity contribution >= 4 is 15.9 Å². The third-order valence-electron chi connectivity index (χ3n) is 4.64. The second kappa shape index (κ2) is 5.10. The highest BCUT2D eigenvalue weighted by atomic mass is 79.9. The largest absolute Gasteiger partial charge is 0.487 e. The van der Waals surface area contributed by atoms with Crippen LogP contribution in [0.1, 0.15) is 57.1 Å². The minimum absolute atomic E-state index is 0.134. The fourth-order valence-corrected chi connectivity index (χ4v) is 3.85. The number of aliphatic hydroxyl groups is 1. The van der Waals surface area contributed by atoms with Crippen LogP contribution in [-0.4, -0.2) is 10.7 Å². The summed E-state index contributed by atoms with van der Waals surface area (Å²) in [5.74, 6) is 1.66. The summed E-state index contributed by atoms with van der Waals surface area (Å²) in [6, 6.07) is 5.95. The molecule has 1 saturated carbocycles. The van der Waals surface area contributed by atoms with Crippen molar-refractivity contribution in [3.05, 3.63) is 28.2 Å². The van der Waals surface area contributed by atoms with Crippen molar-refractivity contribution in [3.63, 3.8) is 0 Å². The summed E-state index contributed by atoms with van der Waals surface area (Å²) in [7, 11) is 0. The lowest BCUT2D eigenvalue weighted by molar-refractivity contribution is -0.0250. The molecule has 1 fully saturated rings. The summed E-state index contributed by atoms with van der Waals surface area (Å²) in [4.78, 5) is 0. The number of hydrogen-bond acceptors (Lipinski definition) is 2. The quantitative estimate of drug-likeness (QED) is 0.755. The van der Waals surface area contributed by atoms with Gasteiger partial charge >= 0.3 is 0 Å². The Balaban J connectivity index is 1.89. The Hall–Kier alpha value is -0.540. The molecule has 1 spiro atoms. The van der Waals surface area contributed by atoms with Crippen molar-refractivity contribution in [2.75, 3.05) is 0 Å². The molecule has 2 unspecified atom stereocenters. The number of benzene rings is 1. The maximum absolute atomic E-state index is 10.5. The summed E-state index contributed by atoms with van der Waals surface area (Å²) in [5, 5.41) is 10.5. The zero-order valence-electron chi connectivity index (χ0n) is 11.4. The van der Waals surface area contributed by atoms with E-state index < -0.39 is 6.10 Å². The molecule has 0 aromatic heterocycles. The number of hydrogen-bond donors (Lipinski definition) is 1. The normalized spacial score (nSPS) is 34.5. The molecule has 1 N–H and O–H groups in total. The van der Waals surface area contributed by atoms with Gasteiger partial charge in [-0.15, -0.1) is 0 Å². The van der Waals surface area contributed by atoms with Gasteiger partial charge in [-0.05, 0) is 49.8 Å². The van der Waals surface area contributed by atoms with Crippen LogP contribution in [0.3, 0.4) is 0 Å². The van der Waals surface area contributed by atoms with E-state index in [9.17, 15) is 5.11 Å². The standard InChI is InChI=1S/C16H21BrO2/c1-11-3-2-7-16(8-6-11)10-14(18)13-9-12(17)4-5-15(13)19-16/h4-5,9,11,14,18H,2-3,6-8,10H2,1H3/t11?,14-,16?/m0/s1. The molecule has 2 aliphatic rings. The van der Waals surface area contributed by atoms with Gasteiger partial charge in [-0.1, -0.05) is 29.3 Å². The lowest BCUT2D eigenvalue weighted by Crippen LogP contribution is -2.40. The Bertz CT molecular complexity index is 474. The SMILES string of the molecule is CC1CCCC2(CC1)C[C@H](O)c1cc(Br)ccc1O2. The Labute approximate surface area is 123 Å². The minimum Gasteiger partial charge on any atom is -0.487 e. The first-order chi connectivity index (χ1) is 9.08. The molecule has 19 heavy (non-hydrogen) atoms. The summed E-state index contributed by atoms with van der Waals surface area (Å²) in [6.07, 6.45) is 6.19. The number of aliphatic hydroxyl groups excluding tert-OH is 1. The first kappa shape index (κ1) is 13.4.